The number of hydrogen-bond donors (Lipinski definition) is 2. The SMILES string of the molecule is O=C(O)c1ccc(OCCNC(=O)c2ccnnc2)cc1. The molecule has 108 valence electrons. The Morgan fingerprint density at radius 1 is 1.10 bits per heavy atom. The number of hydrogen-bond acceptors (Lipinski definition) is 5. The van der Waals surface area contributed by atoms with Gasteiger partial charge in [0.1, 0.15) is 12.4 Å². The van der Waals surface area contributed by atoms with Gasteiger partial charge in [0.2, 0.25) is 0 Å². The van der Waals surface area contributed by atoms with Crippen LogP contribution in [0.1, 0.15) is 20.7 Å². The van der Waals surface area contributed by atoms with Crippen molar-refractivity contribution < 1.29 is 19.4 Å². The lowest BCUT2D eigenvalue weighted by molar-refractivity contribution is 0.0696. The number of amides is 1. The number of carbonyl (C=O) groups excluding carboxylic acids is 1. The van der Waals surface area contributed by atoms with Crippen molar-refractivity contribution >= 4 is 11.9 Å². The second-order valence-electron chi connectivity index (χ2n) is 4.07. The van der Waals surface area contributed by atoms with Crippen molar-refractivity contribution in [3.8, 4) is 5.75 Å². The fourth-order valence-corrected chi connectivity index (χ4v) is 1.55. The lowest BCUT2D eigenvalue weighted by Gasteiger charge is -2.07. The summed E-state index contributed by atoms with van der Waals surface area (Å²) in [5, 5.41) is 18.6. The predicted molar refractivity (Wildman–Crippen MR) is 73.3 cm³/mol. The van der Waals surface area contributed by atoms with E-state index in [1.54, 1.807) is 18.2 Å². The van der Waals surface area contributed by atoms with Crippen molar-refractivity contribution in [1.82, 2.24) is 15.5 Å². The summed E-state index contributed by atoms with van der Waals surface area (Å²) in [5.74, 6) is -0.700. The number of carboxylic acids is 1. The van der Waals surface area contributed by atoms with Crippen molar-refractivity contribution in [2.24, 2.45) is 0 Å². The molecular weight excluding hydrogens is 274 g/mol. The average molecular weight is 287 g/mol. The molecule has 1 amide bonds. The number of carbonyl (C=O) groups is 2. The summed E-state index contributed by atoms with van der Waals surface area (Å²) in [5.41, 5.74) is 0.622. The second kappa shape index (κ2) is 6.99. The Morgan fingerprint density at radius 3 is 2.48 bits per heavy atom. The van der Waals surface area contributed by atoms with Crippen molar-refractivity contribution in [3.63, 3.8) is 0 Å². The summed E-state index contributed by atoms with van der Waals surface area (Å²) >= 11 is 0. The molecule has 0 aliphatic carbocycles. The van der Waals surface area contributed by atoms with Gasteiger partial charge in [-0.25, -0.2) is 4.79 Å². The van der Waals surface area contributed by atoms with Crippen LogP contribution < -0.4 is 10.1 Å². The molecular formula is C14H13N3O4. The van der Waals surface area contributed by atoms with Crippen molar-refractivity contribution in [2.75, 3.05) is 13.2 Å². The van der Waals surface area contributed by atoms with Gasteiger partial charge in [-0.15, -0.1) is 0 Å². The molecule has 0 aliphatic rings. The molecule has 0 spiro atoms. The summed E-state index contributed by atoms with van der Waals surface area (Å²) in [4.78, 5) is 22.4. The number of nitrogens with one attached hydrogen (secondary N) is 1. The van der Waals surface area contributed by atoms with E-state index >= 15 is 0 Å². The van der Waals surface area contributed by atoms with Gasteiger partial charge in [-0.1, -0.05) is 0 Å². The zero-order valence-corrected chi connectivity index (χ0v) is 11.0. The van der Waals surface area contributed by atoms with Gasteiger partial charge in [0.15, 0.2) is 0 Å². The van der Waals surface area contributed by atoms with Gasteiger partial charge < -0.3 is 15.2 Å². The van der Waals surface area contributed by atoms with E-state index in [2.05, 4.69) is 15.5 Å². The second-order valence-corrected chi connectivity index (χ2v) is 4.07. The highest BCUT2D eigenvalue weighted by atomic mass is 16.5. The Hall–Kier alpha value is -2.96. The molecule has 1 heterocycles. The molecule has 1 aromatic carbocycles. The first-order valence-corrected chi connectivity index (χ1v) is 6.18. The highest BCUT2D eigenvalue weighted by Gasteiger charge is 2.05. The number of rotatable bonds is 6. The summed E-state index contributed by atoms with van der Waals surface area (Å²) in [6, 6.07) is 7.61. The molecule has 0 aliphatic heterocycles. The van der Waals surface area contributed by atoms with Crippen molar-refractivity contribution in [1.29, 1.82) is 0 Å². The van der Waals surface area contributed by atoms with Crippen LogP contribution in [0.5, 0.6) is 5.75 Å². The molecule has 1 aromatic heterocycles. The van der Waals surface area contributed by atoms with E-state index in [4.69, 9.17) is 9.84 Å². The van der Waals surface area contributed by atoms with Gasteiger partial charge in [0.25, 0.3) is 5.91 Å². The molecule has 7 nitrogen and oxygen atoms in total. The van der Waals surface area contributed by atoms with Gasteiger partial charge in [-0.05, 0) is 30.3 Å². The van der Waals surface area contributed by atoms with Crippen LogP contribution in [0.3, 0.4) is 0 Å². The minimum Gasteiger partial charge on any atom is -0.492 e. The normalized spacial score (nSPS) is 9.90. The van der Waals surface area contributed by atoms with Crippen LogP contribution in [-0.4, -0.2) is 40.3 Å². The van der Waals surface area contributed by atoms with E-state index in [0.29, 0.717) is 17.9 Å². The molecule has 0 atom stereocenters. The van der Waals surface area contributed by atoms with Gasteiger partial charge in [0.05, 0.1) is 30.1 Å². The Kier molecular flexibility index (Phi) is 4.81. The molecule has 2 rings (SSSR count). The fourth-order valence-electron chi connectivity index (χ4n) is 1.55. The Balaban J connectivity index is 1.75. The minimum atomic E-state index is -0.986. The molecule has 0 radical (unpaired) electrons. The molecule has 0 fully saturated rings. The zero-order chi connectivity index (χ0) is 15.1. The average Bonchev–Trinajstić information content (AvgIpc) is 2.52. The third-order valence-corrected chi connectivity index (χ3v) is 2.60. The highest BCUT2D eigenvalue weighted by molar-refractivity contribution is 5.93. The standard InChI is InChI=1S/C14H13N3O4/c18-13(11-5-6-16-17-9-11)15-7-8-21-12-3-1-10(2-4-12)14(19)20/h1-6,9H,7-8H2,(H,15,18)(H,19,20). The smallest absolute Gasteiger partial charge is 0.335 e. The Labute approximate surface area is 120 Å². The molecule has 2 N–H and O–H groups in total. The van der Waals surface area contributed by atoms with E-state index in [0.717, 1.165) is 0 Å². The van der Waals surface area contributed by atoms with E-state index in [1.165, 1.54) is 24.5 Å². The Morgan fingerprint density at radius 2 is 1.86 bits per heavy atom. The van der Waals surface area contributed by atoms with Crippen LogP contribution in [0, 0.1) is 0 Å². The van der Waals surface area contributed by atoms with E-state index < -0.39 is 5.97 Å². The van der Waals surface area contributed by atoms with Crippen LogP contribution in [0.2, 0.25) is 0 Å². The third kappa shape index (κ3) is 4.27. The van der Waals surface area contributed by atoms with Crippen molar-refractivity contribution in [2.45, 2.75) is 0 Å². The fraction of sp³-hybridized carbons (Fsp3) is 0.143. The first kappa shape index (κ1) is 14.4. The number of nitrogens with zero attached hydrogens (tertiary/aromatic N) is 2. The van der Waals surface area contributed by atoms with Gasteiger partial charge in [-0.3, -0.25) is 4.79 Å². The summed E-state index contributed by atoms with van der Waals surface area (Å²) in [6.07, 6.45) is 2.82. The van der Waals surface area contributed by atoms with Crippen LogP contribution in [-0.2, 0) is 0 Å². The first-order chi connectivity index (χ1) is 10.2. The van der Waals surface area contributed by atoms with Crippen LogP contribution in [0.4, 0.5) is 0 Å². The molecule has 21 heavy (non-hydrogen) atoms. The molecule has 0 saturated heterocycles. The lowest BCUT2D eigenvalue weighted by Crippen LogP contribution is -2.28. The van der Waals surface area contributed by atoms with Gasteiger partial charge in [-0.2, -0.15) is 10.2 Å². The minimum absolute atomic E-state index is 0.195. The summed E-state index contributed by atoms with van der Waals surface area (Å²) < 4.78 is 5.39. The van der Waals surface area contributed by atoms with Crippen LogP contribution in [0.15, 0.2) is 42.7 Å². The highest BCUT2D eigenvalue weighted by Crippen LogP contribution is 2.11. The lowest BCUT2D eigenvalue weighted by atomic mass is 10.2. The molecule has 7 heteroatoms. The summed E-state index contributed by atoms with van der Waals surface area (Å²) in [7, 11) is 0. The van der Waals surface area contributed by atoms with Gasteiger partial charge >= 0.3 is 5.97 Å². The quantitative estimate of drug-likeness (QED) is 0.768. The van der Waals surface area contributed by atoms with Gasteiger partial charge in [0, 0.05) is 0 Å². The van der Waals surface area contributed by atoms with Crippen molar-refractivity contribution in [3.05, 3.63) is 53.9 Å². The topological polar surface area (TPSA) is 101 Å². The van der Waals surface area contributed by atoms with E-state index in [1.807, 2.05) is 0 Å². The largest absolute Gasteiger partial charge is 0.492 e. The van der Waals surface area contributed by atoms with E-state index in [-0.39, 0.29) is 18.1 Å². The van der Waals surface area contributed by atoms with E-state index in [9.17, 15) is 9.59 Å². The van der Waals surface area contributed by atoms with Crippen LogP contribution in [0.25, 0.3) is 0 Å². The molecule has 0 unspecified atom stereocenters. The molecule has 2 aromatic rings. The predicted octanol–water partition coefficient (Wildman–Crippen LogP) is 0.984. The number of benzene rings is 1. The van der Waals surface area contributed by atoms with Crippen LogP contribution >= 0.6 is 0 Å². The third-order valence-electron chi connectivity index (χ3n) is 2.60. The number of ether oxygens (including phenoxy) is 1. The molecule has 0 saturated carbocycles. The first-order valence-electron chi connectivity index (χ1n) is 6.18. The maximum absolute atomic E-state index is 11.7. The number of aromatic carboxylic acids is 1. The number of carboxylic acid groups (broad SMARTS) is 1. The maximum Gasteiger partial charge on any atom is 0.335 e. The monoisotopic (exact) mass is 287 g/mol. The summed E-state index contributed by atoms with van der Waals surface area (Å²) in [6.45, 7) is 0.596. The molecule has 0 bridgehead atoms. The maximum atomic E-state index is 11.7. The number of aromatic nitrogens is 2. The Bertz CT molecular complexity index is 614. The zero-order valence-electron chi connectivity index (χ0n) is 11.0.